The van der Waals surface area contributed by atoms with Crippen LogP contribution in [0.2, 0.25) is 0 Å². The van der Waals surface area contributed by atoms with Gasteiger partial charge in [-0.2, -0.15) is 0 Å². The van der Waals surface area contributed by atoms with Gasteiger partial charge >= 0.3 is 11.8 Å². The Balaban J connectivity index is 1.64. The lowest BCUT2D eigenvalue weighted by Crippen LogP contribution is -2.37. The van der Waals surface area contributed by atoms with Gasteiger partial charge in [0.05, 0.1) is 6.54 Å². The molecule has 2 aromatic rings. The maximum Gasteiger partial charge on any atom is 0.313 e. The number of likely N-dealkylation sites (N-methyl/N-ethyl adjacent to an activating group) is 1. The highest BCUT2D eigenvalue weighted by Crippen LogP contribution is 2.16. The van der Waals surface area contributed by atoms with Crippen molar-refractivity contribution in [1.29, 1.82) is 0 Å². The molecule has 0 saturated heterocycles. The topological polar surface area (TPSA) is 80.1 Å². The number of benzene rings is 1. The maximum absolute atomic E-state index is 13.2. The van der Waals surface area contributed by atoms with Gasteiger partial charge in [0.2, 0.25) is 0 Å². The summed E-state index contributed by atoms with van der Waals surface area (Å²) in [6, 6.07) is 4.14. The minimum Gasteiger partial charge on any atom is -0.330 e. The third-order valence-corrected chi connectivity index (χ3v) is 4.02. The number of amides is 2. The lowest BCUT2D eigenvalue weighted by Gasteiger charge is -2.16. The van der Waals surface area contributed by atoms with Crippen molar-refractivity contribution in [2.24, 2.45) is 0 Å². The minimum absolute atomic E-state index is 0.210. The molecule has 24 heavy (non-hydrogen) atoms. The van der Waals surface area contributed by atoms with Crippen LogP contribution in [-0.2, 0) is 29.1 Å². The van der Waals surface area contributed by atoms with Crippen molar-refractivity contribution in [3.8, 4) is 0 Å². The van der Waals surface area contributed by atoms with Crippen LogP contribution in [0.25, 0.3) is 0 Å². The standard InChI is InChI=1S/C16H18FN5O2/c1-10-8-11(5-6-12(10)17)18-15(23)16(24)21(2)9-14-20-19-13-4-3-7-22(13)14/h5-6,8H,3-4,7,9H2,1-2H3,(H,18,23). The van der Waals surface area contributed by atoms with Crippen LogP contribution >= 0.6 is 0 Å². The minimum atomic E-state index is -0.773. The van der Waals surface area contributed by atoms with E-state index in [0.29, 0.717) is 17.1 Å². The average molecular weight is 331 g/mol. The zero-order valence-electron chi connectivity index (χ0n) is 13.5. The van der Waals surface area contributed by atoms with Crippen molar-refractivity contribution in [2.45, 2.75) is 32.9 Å². The Bertz CT molecular complexity index is 802. The monoisotopic (exact) mass is 331 g/mol. The second kappa shape index (κ2) is 6.38. The molecule has 0 saturated carbocycles. The predicted molar refractivity (Wildman–Crippen MR) is 84.6 cm³/mol. The van der Waals surface area contributed by atoms with E-state index in [1.165, 1.54) is 30.1 Å². The van der Waals surface area contributed by atoms with E-state index < -0.39 is 11.8 Å². The van der Waals surface area contributed by atoms with Crippen molar-refractivity contribution < 1.29 is 14.0 Å². The van der Waals surface area contributed by atoms with E-state index >= 15 is 0 Å². The van der Waals surface area contributed by atoms with Crippen LogP contribution in [0, 0.1) is 12.7 Å². The molecule has 1 aliphatic rings. The van der Waals surface area contributed by atoms with E-state index in [0.717, 1.165) is 25.2 Å². The smallest absolute Gasteiger partial charge is 0.313 e. The molecule has 8 heteroatoms. The third-order valence-electron chi connectivity index (χ3n) is 4.02. The Morgan fingerprint density at radius 2 is 2.17 bits per heavy atom. The molecule has 0 radical (unpaired) electrons. The predicted octanol–water partition coefficient (Wildman–Crippen LogP) is 1.27. The van der Waals surface area contributed by atoms with Crippen molar-refractivity contribution in [1.82, 2.24) is 19.7 Å². The van der Waals surface area contributed by atoms with Gasteiger partial charge in [-0.1, -0.05) is 0 Å². The largest absolute Gasteiger partial charge is 0.330 e. The number of rotatable bonds is 3. The van der Waals surface area contributed by atoms with Crippen molar-refractivity contribution in [2.75, 3.05) is 12.4 Å². The molecule has 0 unspecified atom stereocenters. The number of carbonyl (C=O) groups excluding carboxylic acids is 2. The molecule has 0 bridgehead atoms. The Morgan fingerprint density at radius 3 is 2.92 bits per heavy atom. The summed E-state index contributed by atoms with van der Waals surface area (Å²) in [6.07, 6.45) is 1.90. The first-order valence-electron chi connectivity index (χ1n) is 7.69. The lowest BCUT2D eigenvalue weighted by atomic mass is 10.2. The molecule has 2 amide bonds. The van der Waals surface area contributed by atoms with Gasteiger partial charge in [0.1, 0.15) is 11.6 Å². The third kappa shape index (κ3) is 3.12. The second-order valence-corrected chi connectivity index (χ2v) is 5.87. The van der Waals surface area contributed by atoms with Crippen LogP contribution in [0.5, 0.6) is 0 Å². The van der Waals surface area contributed by atoms with Gasteiger partial charge in [0.25, 0.3) is 0 Å². The Kier molecular flexibility index (Phi) is 4.28. The molecule has 126 valence electrons. The fraction of sp³-hybridized carbons (Fsp3) is 0.375. The first-order chi connectivity index (χ1) is 11.5. The van der Waals surface area contributed by atoms with Crippen LogP contribution < -0.4 is 5.32 Å². The van der Waals surface area contributed by atoms with Crippen molar-refractivity contribution in [3.05, 3.63) is 41.2 Å². The summed E-state index contributed by atoms with van der Waals surface area (Å²) in [6.45, 7) is 2.63. The molecule has 7 nitrogen and oxygen atoms in total. The number of aromatic nitrogens is 3. The SMILES string of the molecule is Cc1cc(NC(=O)C(=O)N(C)Cc2nnc3n2CCC3)ccc1F. The molecule has 1 aliphatic heterocycles. The highest BCUT2D eigenvalue weighted by atomic mass is 19.1. The first kappa shape index (κ1) is 16.1. The van der Waals surface area contributed by atoms with Gasteiger partial charge in [0, 0.05) is 25.7 Å². The summed E-state index contributed by atoms with van der Waals surface area (Å²) < 4.78 is 15.2. The van der Waals surface area contributed by atoms with Crippen LogP contribution in [0.1, 0.15) is 23.6 Å². The van der Waals surface area contributed by atoms with Gasteiger partial charge in [-0.25, -0.2) is 4.39 Å². The van der Waals surface area contributed by atoms with Crippen LogP contribution in [0.15, 0.2) is 18.2 Å². The highest BCUT2D eigenvalue weighted by molar-refractivity contribution is 6.39. The molecule has 0 atom stereocenters. The first-order valence-corrected chi connectivity index (χ1v) is 7.69. The summed E-state index contributed by atoms with van der Waals surface area (Å²) >= 11 is 0. The fourth-order valence-corrected chi connectivity index (χ4v) is 2.69. The molecule has 1 N–H and O–H groups in total. The molecule has 3 rings (SSSR count). The molecule has 2 heterocycles. The van der Waals surface area contributed by atoms with Gasteiger partial charge in [-0.15, -0.1) is 10.2 Å². The molecule has 1 aromatic carbocycles. The van der Waals surface area contributed by atoms with E-state index in [-0.39, 0.29) is 12.4 Å². The number of aryl methyl sites for hydroxylation is 2. The number of hydrogen-bond acceptors (Lipinski definition) is 4. The van der Waals surface area contributed by atoms with E-state index in [2.05, 4.69) is 15.5 Å². The number of halogens is 1. The second-order valence-electron chi connectivity index (χ2n) is 5.87. The molecular weight excluding hydrogens is 313 g/mol. The number of nitrogens with one attached hydrogen (secondary N) is 1. The summed E-state index contributed by atoms with van der Waals surface area (Å²) in [4.78, 5) is 25.6. The number of anilines is 1. The summed E-state index contributed by atoms with van der Waals surface area (Å²) in [5.74, 6) is -0.241. The van der Waals surface area contributed by atoms with Gasteiger partial charge in [-0.05, 0) is 37.1 Å². The van der Waals surface area contributed by atoms with Crippen molar-refractivity contribution >= 4 is 17.5 Å². The van der Waals surface area contributed by atoms with E-state index in [1.807, 2.05) is 4.57 Å². The number of hydrogen-bond donors (Lipinski definition) is 1. The quantitative estimate of drug-likeness (QED) is 0.859. The van der Waals surface area contributed by atoms with E-state index in [9.17, 15) is 14.0 Å². The van der Waals surface area contributed by atoms with E-state index in [1.54, 1.807) is 6.92 Å². The van der Waals surface area contributed by atoms with E-state index in [4.69, 9.17) is 0 Å². The molecular formula is C16H18FN5O2. The van der Waals surface area contributed by atoms with Gasteiger partial charge < -0.3 is 14.8 Å². The Hall–Kier alpha value is -2.77. The number of nitrogens with zero attached hydrogens (tertiary/aromatic N) is 4. The van der Waals surface area contributed by atoms with Crippen molar-refractivity contribution in [3.63, 3.8) is 0 Å². The Labute approximate surface area is 138 Å². The van der Waals surface area contributed by atoms with Crippen LogP contribution in [-0.4, -0.2) is 38.5 Å². The summed E-state index contributed by atoms with van der Waals surface area (Å²) in [7, 11) is 1.54. The average Bonchev–Trinajstić information content (AvgIpc) is 3.15. The number of carbonyl (C=O) groups is 2. The zero-order chi connectivity index (χ0) is 17.3. The maximum atomic E-state index is 13.2. The fourth-order valence-electron chi connectivity index (χ4n) is 2.69. The summed E-state index contributed by atoms with van der Waals surface area (Å²) in [5, 5.41) is 10.6. The van der Waals surface area contributed by atoms with Gasteiger partial charge in [0.15, 0.2) is 5.82 Å². The zero-order valence-corrected chi connectivity index (χ0v) is 13.5. The molecule has 0 spiro atoms. The number of fused-ring (bicyclic) bond motifs is 1. The normalized spacial score (nSPS) is 12.8. The molecule has 0 fully saturated rings. The summed E-state index contributed by atoms with van der Waals surface area (Å²) in [5.41, 5.74) is 0.775. The Morgan fingerprint density at radius 1 is 1.38 bits per heavy atom. The lowest BCUT2D eigenvalue weighted by molar-refractivity contribution is -0.142. The molecule has 0 aliphatic carbocycles. The van der Waals surface area contributed by atoms with Gasteiger partial charge in [-0.3, -0.25) is 9.59 Å². The highest BCUT2D eigenvalue weighted by Gasteiger charge is 2.23. The van der Waals surface area contributed by atoms with Crippen LogP contribution in [0.3, 0.4) is 0 Å². The molecule has 1 aromatic heterocycles. The van der Waals surface area contributed by atoms with Crippen LogP contribution in [0.4, 0.5) is 10.1 Å².